The van der Waals surface area contributed by atoms with Gasteiger partial charge in [0.1, 0.15) is 0 Å². The zero-order chi connectivity index (χ0) is 33.9. The van der Waals surface area contributed by atoms with E-state index in [1.54, 1.807) is 0 Å². The van der Waals surface area contributed by atoms with Gasteiger partial charge in [-0.15, -0.1) is 0 Å². The van der Waals surface area contributed by atoms with E-state index in [0.717, 1.165) is 21.2 Å². The van der Waals surface area contributed by atoms with Crippen molar-refractivity contribution in [2.45, 2.75) is 0 Å². The highest BCUT2D eigenvalue weighted by molar-refractivity contribution is 9.10. The smallest absolute Gasteiger partial charge is 0.0541 e. The molecule has 0 atom stereocenters. The van der Waals surface area contributed by atoms with Gasteiger partial charge in [-0.3, -0.25) is 0 Å². The van der Waals surface area contributed by atoms with Crippen molar-refractivity contribution >= 4 is 59.5 Å². The second-order valence-electron chi connectivity index (χ2n) is 13.2. The summed E-state index contributed by atoms with van der Waals surface area (Å²) in [6.07, 6.45) is 0. The van der Waals surface area contributed by atoms with Crippen LogP contribution in [-0.2, 0) is 0 Å². The van der Waals surface area contributed by atoms with Gasteiger partial charge >= 0.3 is 0 Å². The lowest BCUT2D eigenvalue weighted by molar-refractivity contribution is 1.18. The molecule has 2 aromatic heterocycles. The Labute approximate surface area is 304 Å². The molecule has 0 fully saturated rings. The number of hydrogen-bond donors (Lipinski definition) is 1. The fourth-order valence-corrected chi connectivity index (χ4v) is 8.30. The number of nitrogens with zero attached hydrogens (tertiary/aromatic N) is 1. The maximum absolute atomic E-state index is 3.93. The molecule has 0 aliphatic rings. The van der Waals surface area contributed by atoms with Crippen molar-refractivity contribution in [3.8, 4) is 50.2 Å². The Morgan fingerprint density at radius 3 is 1.61 bits per heavy atom. The molecule has 0 saturated heterocycles. The number of aromatic amines is 1. The molecule has 0 radical (unpaired) electrons. The van der Waals surface area contributed by atoms with Crippen molar-refractivity contribution in [2.24, 2.45) is 0 Å². The summed E-state index contributed by atoms with van der Waals surface area (Å²) in [4.78, 5) is 3.58. The first-order valence-electron chi connectivity index (χ1n) is 17.3. The van der Waals surface area contributed by atoms with E-state index in [-0.39, 0.29) is 0 Å². The lowest BCUT2D eigenvalue weighted by Crippen LogP contribution is -1.94. The average Bonchev–Trinajstić information content (AvgIpc) is 3.73. The zero-order valence-electron chi connectivity index (χ0n) is 27.6. The van der Waals surface area contributed by atoms with Gasteiger partial charge in [-0.1, -0.05) is 137 Å². The minimum Gasteiger partial charge on any atom is -0.355 e. The van der Waals surface area contributed by atoms with Crippen molar-refractivity contribution in [2.75, 3.05) is 0 Å². The molecule has 0 spiro atoms. The third kappa shape index (κ3) is 5.09. The van der Waals surface area contributed by atoms with Crippen LogP contribution in [0.5, 0.6) is 0 Å². The van der Waals surface area contributed by atoms with Crippen molar-refractivity contribution < 1.29 is 0 Å². The normalized spacial score (nSPS) is 11.6. The Hall–Kier alpha value is -6.16. The molecule has 10 rings (SSSR count). The average molecular weight is 716 g/mol. The molecule has 1 N–H and O–H groups in total. The number of para-hydroxylation sites is 1. The van der Waals surface area contributed by atoms with Crippen molar-refractivity contribution in [3.05, 3.63) is 186 Å². The quantitative estimate of drug-likeness (QED) is 0.183. The van der Waals surface area contributed by atoms with Gasteiger partial charge in [0.05, 0.1) is 11.0 Å². The van der Waals surface area contributed by atoms with E-state index in [1.807, 2.05) is 0 Å². The maximum atomic E-state index is 3.93. The Bertz CT molecular complexity index is 2920. The highest BCUT2D eigenvalue weighted by Crippen LogP contribution is 2.40. The molecule has 240 valence electrons. The molecule has 0 aliphatic heterocycles. The molecule has 0 amide bonds. The molecule has 2 nitrogen and oxygen atoms in total. The largest absolute Gasteiger partial charge is 0.355 e. The van der Waals surface area contributed by atoms with Crippen LogP contribution in [0.15, 0.2) is 186 Å². The number of hydrogen-bond acceptors (Lipinski definition) is 0. The number of rotatable bonds is 5. The molecule has 0 saturated carbocycles. The zero-order valence-corrected chi connectivity index (χ0v) is 29.2. The van der Waals surface area contributed by atoms with Gasteiger partial charge in [0, 0.05) is 42.7 Å². The van der Waals surface area contributed by atoms with Crippen LogP contribution < -0.4 is 0 Å². The van der Waals surface area contributed by atoms with Gasteiger partial charge in [0.25, 0.3) is 0 Å². The van der Waals surface area contributed by atoms with Gasteiger partial charge in [0.15, 0.2) is 0 Å². The van der Waals surface area contributed by atoms with E-state index < -0.39 is 0 Å². The summed E-state index contributed by atoms with van der Waals surface area (Å²) in [5.74, 6) is 0. The standard InChI is InChI=1S/C48H31BrN2/c49-44-30-36(32-12-5-2-6-13-32)18-22-39(44)37-21-25-48-43(29-37)42-28-35(34-19-23-46-41(27-34)40-16-7-8-17-45(40)50-46)20-24-47(42)51(48)38-15-9-14-33(26-38)31-10-3-1-4-11-31/h1-30,50H. The van der Waals surface area contributed by atoms with Crippen LogP contribution >= 0.6 is 15.9 Å². The molecule has 51 heavy (non-hydrogen) atoms. The van der Waals surface area contributed by atoms with Gasteiger partial charge in [-0.25, -0.2) is 0 Å². The van der Waals surface area contributed by atoms with E-state index in [0.29, 0.717) is 0 Å². The fraction of sp³-hybridized carbons (Fsp3) is 0. The summed E-state index contributed by atoms with van der Waals surface area (Å²) < 4.78 is 3.50. The van der Waals surface area contributed by atoms with E-state index in [1.165, 1.54) is 77.1 Å². The van der Waals surface area contributed by atoms with Crippen molar-refractivity contribution in [1.82, 2.24) is 9.55 Å². The number of aromatic nitrogens is 2. The second kappa shape index (κ2) is 12.0. The van der Waals surface area contributed by atoms with Gasteiger partial charge in [0.2, 0.25) is 0 Å². The monoisotopic (exact) mass is 714 g/mol. The summed E-state index contributed by atoms with van der Waals surface area (Å²) >= 11 is 3.93. The molecule has 0 aliphatic carbocycles. The highest BCUT2D eigenvalue weighted by atomic mass is 79.9. The molecule has 2 heterocycles. The number of fused-ring (bicyclic) bond motifs is 6. The van der Waals surface area contributed by atoms with Crippen LogP contribution in [0.2, 0.25) is 0 Å². The maximum Gasteiger partial charge on any atom is 0.0541 e. The van der Waals surface area contributed by atoms with Crippen molar-refractivity contribution in [3.63, 3.8) is 0 Å². The van der Waals surface area contributed by atoms with Crippen LogP contribution in [0.1, 0.15) is 0 Å². The summed E-state index contributed by atoms with van der Waals surface area (Å²) in [5.41, 5.74) is 15.4. The Morgan fingerprint density at radius 2 is 0.882 bits per heavy atom. The van der Waals surface area contributed by atoms with Crippen LogP contribution in [0.3, 0.4) is 0 Å². The van der Waals surface area contributed by atoms with Crippen LogP contribution in [0.4, 0.5) is 0 Å². The van der Waals surface area contributed by atoms with Crippen LogP contribution in [-0.4, -0.2) is 9.55 Å². The molecule has 0 bridgehead atoms. The molecular weight excluding hydrogens is 684 g/mol. The fourth-order valence-electron chi connectivity index (χ4n) is 7.69. The summed E-state index contributed by atoms with van der Waals surface area (Å²) in [5, 5.41) is 4.94. The Balaban J connectivity index is 1.17. The van der Waals surface area contributed by atoms with Gasteiger partial charge in [-0.05, 0) is 105 Å². The topological polar surface area (TPSA) is 20.7 Å². The minimum atomic E-state index is 1.08. The second-order valence-corrected chi connectivity index (χ2v) is 14.1. The van der Waals surface area contributed by atoms with Crippen LogP contribution in [0, 0.1) is 0 Å². The third-order valence-electron chi connectivity index (χ3n) is 10.2. The lowest BCUT2D eigenvalue weighted by Gasteiger charge is -2.11. The number of nitrogens with one attached hydrogen (secondary N) is 1. The Kier molecular flexibility index (Phi) is 7.00. The van der Waals surface area contributed by atoms with E-state index >= 15 is 0 Å². The van der Waals surface area contributed by atoms with Gasteiger partial charge in [-0.2, -0.15) is 0 Å². The first-order chi connectivity index (χ1) is 25.2. The lowest BCUT2D eigenvalue weighted by atomic mass is 9.98. The molecule has 0 unspecified atom stereocenters. The molecule has 3 heteroatoms. The predicted octanol–water partition coefficient (Wildman–Crippen LogP) is 13.8. The van der Waals surface area contributed by atoms with E-state index in [2.05, 4.69) is 207 Å². The first kappa shape index (κ1) is 29.7. The predicted molar refractivity (Wildman–Crippen MR) is 220 cm³/mol. The van der Waals surface area contributed by atoms with Gasteiger partial charge < -0.3 is 9.55 Å². The summed E-state index contributed by atoms with van der Waals surface area (Å²) in [6, 6.07) is 65.9. The van der Waals surface area contributed by atoms with Crippen molar-refractivity contribution in [1.29, 1.82) is 0 Å². The van der Waals surface area contributed by atoms with E-state index in [4.69, 9.17) is 0 Å². The van der Waals surface area contributed by atoms with Crippen LogP contribution in [0.25, 0.3) is 93.8 Å². The SMILES string of the molecule is Brc1cc(-c2ccccc2)ccc1-c1ccc2c(c1)c1cc(-c3ccc4[nH]c5ccccc5c4c3)ccc1n2-c1cccc(-c2ccccc2)c1. The number of halogens is 1. The molecule has 8 aromatic carbocycles. The molecular formula is C48H31BrN2. The number of H-pyrrole nitrogens is 1. The highest BCUT2D eigenvalue weighted by Gasteiger charge is 2.17. The number of benzene rings is 8. The van der Waals surface area contributed by atoms with E-state index in [9.17, 15) is 0 Å². The third-order valence-corrected chi connectivity index (χ3v) is 10.9. The molecule has 10 aromatic rings. The minimum absolute atomic E-state index is 1.08. The first-order valence-corrected chi connectivity index (χ1v) is 18.1. The summed E-state index contributed by atoms with van der Waals surface area (Å²) in [6.45, 7) is 0. The Morgan fingerprint density at radius 1 is 0.353 bits per heavy atom. The summed E-state index contributed by atoms with van der Waals surface area (Å²) in [7, 11) is 0.